The lowest BCUT2D eigenvalue weighted by atomic mass is 10.1. The third-order valence-corrected chi connectivity index (χ3v) is 3.86. The number of hydrogen-bond donors (Lipinski definition) is 5. The topological polar surface area (TPSA) is 112 Å². The van der Waals surface area contributed by atoms with Crippen LogP contribution in [0.2, 0.25) is 0 Å². The molecule has 0 spiro atoms. The molecule has 0 aromatic carbocycles. The fourth-order valence-electron chi connectivity index (χ4n) is 2.42. The van der Waals surface area contributed by atoms with Crippen LogP contribution in [0.15, 0.2) is 11.3 Å². The zero-order valence-corrected chi connectivity index (χ0v) is 11.4. The second-order valence-corrected chi connectivity index (χ2v) is 5.13. The Hall–Kier alpha value is -1.13. The van der Waals surface area contributed by atoms with Crippen molar-refractivity contribution in [2.75, 3.05) is 17.6 Å². The Kier molecular flexibility index (Phi) is 3.69. The van der Waals surface area contributed by atoms with E-state index in [1.807, 2.05) is 0 Å². The summed E-state index contributed by atoms with van der Waals surface area (Å²) < 4.78 is 7.15. The predicted molar refractivity (Wildman–Crippen MR) is 73.9 cm³/mol. The number of rotatable bonds is 2. The molecule has 3 heterocycles. The number of ether oxygens (including phenoxy) is 1. The number of anilines is 1. The summed E-state index contributed by atoms with van der Waals surface area (Å²) in [6.07, 6.45) is -1.35. The summed E-state index contributed by atoms with van der Waals surface area (Å²) in [6.45, 7) is 0.215. The van der Waals surface area contributed by atoms with Gasteiger partial charge in [0.25, 0.3) is 0 Å². The van der Waals surface area contributed by atoms with Gasteiger partial charge in [-0.05, 0) is 0 Å². The van der Waals surface area contributed by atoms with Crippen LogP contribution in [-0.2, 0) is 4.74 Å². The van der Waals surface area contributed by atoms with Gasteiger partial charge in [0.15, 0.2) is 6.23 Å². The van der Waals surface area contributed by atoms with Gasteiger partial charge < -0.3 is 25.4 Å². The normalized spacial score (nSPS) is 36.5. The van der Waals surface area contributed by atoms with Crippen LogP contribution in [0.3, 0.4) is 0 Å². The molecule has 0 radical (unpaired) electrons. The third-order valence-electron chi connectivity index (χ3n) is 3.50. The van der Waals surface area contributed by atoms with Gasteiger partial charge in [-0.3, -0.25) is 9.56 Å². The average Bonchev–Trinajstić information content (AvgIpc) is 2.92. The number of aliphatic imine (C=N–C) groups is 1. The van der Waals surface area contributed by atoms with Crippen molar-refractivity contribution in [3.8, 4) is 0 Å². The Morgan fingerprint density at radius 2 is 2.20 bits per heavy atom. The highest BCUT2D eigenvalue weighted by molar-refractivity contribution is 7.80. The molecular weight excluding hydrogens is 284 g/mol. The molecule has 8 nitrogen and oxygen atoms in total. The highest BCUT2D eigenvalue weighted by Gasteiger charge is 2.44. The van der Waals surface area contributed by atoms with Crippen molar-refractivity contribution in [2.24, 2.45) is 4.99 Å². The smallest absolute Gasteiger partial charge is 0.165 e. The summed E-state index contributed by atoms with van der Waals surface area (Å²) >= 11 is 4.09. The van der Waals surface area contributed by atoms with Crippen molar-refractivity contribution in [3.05, 3.63) is 12.0 Å². The van der Waals surface area contributed by atoms with Crippen molar-refractivity contribution < 1.29 is 20.1 Å². The van der Waals surface area contributed by atoms with E-state index in [-0.39, 0.29) is 6.54 Å². The molecule has 1 fully saturated rings. The maximum absolute atomic E-state index is 10.1. The van der Waals surface area contributed by atoms with Crippen molar-refractivity contribution >= 4 is 24.8 Å². The van der Waals surface area contributed by atoms with E-state index in [4.69, 9.17) is 4.74 Å². The van der Waals surface area contributed by atoms with Crippen molar-refractivity contribution in [1.29, 1.82) is 0 Å². The highest BCUT2D eigenvalue weighted by Crippen LogP contribution is 2.34. The second kappa shape index (κ2) is 5.34. The molecule has 4 N–H and O–H groups in total. The summed E-state index contributed by atoms with van der Waals surface area (Å²) in [7, 11) is 0. The molecule has 1 aromatic rings. The quantitative estimate of drug-likeness (QED) is 0.444. The minimum atomic E-state index is -1.09. The molecule has 0 bridgehead atoms. The van der Waals surface area contributed by atoms with E-state index in [9.17, 15) is 15.3 Å². The summed E-state index contributed by atoms with van der Waals surface area (Å²) in [4.78, 5) is 8.10. The van der Waals surface area contributed by atoms with Gasteiger partial charge in [0, 0.05) is 5.75 Å². The van der Waals surface area contributed by atoms with Crippen LogP contribution in [0.5, 0.6) is 0 Å². The zero-order valence-electron chi connectivity index (χ0n) is 10.5. The Bertz CT molecular complexity index is 523. The average molecular weight is 300 g/mol. The van der Waals surface area contributed by atoms with Gasteiger partial charge in [0.05, 0.1) is 25.3 Å². The third kappa shape index (κ3) is 2.11. The number of aliphatic hydroxyl groups excluding tert-OH is 3. The Balaban J connectivity index is 1.94. The van der Waals surface area contributed by atoms with Crippen molar-refractivity contribution in [2.45, 2.75) is 30.6 Å². The van der Waals surface area contributed by atoms with Gasteiger partial charge in [0.2, 0.25) is 0 Å². The first kappa shape index (κ1) is 13.8. The fourth-order valence-corrected chi connectivity index (χ4v) is 2.72. The van der Waals surface area contributed by atoms with Crippen molar-refractivity contribution in [1.82, 2.24) is 9.55 Å². The molecule has 0 saturated carbocycles. The molecule has 110 valence electrons. The van der Waals surface area contributed by atoms with Crippen LogP contribution < -0.4 is 5.32 Å². The number of thiol groups is 1. The molecular formula is C11H16N4O4S. The van der Waals surface area contributed by atoms with Gasteiger partial charge in [-0.25, -0.2) is 4.98 Å². The standard InChI is InChI=1S/C11H16N4O4S/c16-5-1-12-3-13-10-7(5)14-4-15(10)11-9(18)8(17)6(2-20)19-11/h3-6,8-9,11,16-18,20H,1-2H2,(H,12,13)/t5-,6-,8-,9-,11-/m1/s1. The predicted octanol–water partition coefficient (Wildman–Crippen LogP) is -1.08. The van der Waals surface area contributed by atoms with Crippen LogP contribution in [0.1, 0.15) is 18.0 Å². The lowest BCUT2D eigenvalue weighted by molar-refractivity contribution is -0.0298. The first-order chi connectivity index (χ1) is 9.63. The van der Waals surface area contributed by atoms with Crippen LogP contribution >= 0.6 is 12.6 Å². The lowest BCUT2D eigenvalue weighted by Gasteiger charge is -2.19. The van der Waals surface area contributed by atoms with E-state index in [0.717, 1.165) is 0 Å². The van der Waals surface area contributed by atoms with Gasteiger partial charge in [0.1, 0.15) is 29.8 Å². The first-order valence-corrected chi connectivity index (χ1v) is 6.88. The number of nitrogens with zero attached hydrogens (tertiary/aromatic N) is 3. The summed E-state index contributed by atoms with van der Waals surface area (Å²) in [5.41, 5.74) is 0.433. The summed E-state index contributed by atoms with van der Waals surface area (Å²) in [5.74, 6) is 0.790. The number of nitrogens with one attached hydrogen (secondary N) is 1. The molecule has 9 heteroatoms. The van der Waals surface area contributed by atoms with E-state index in [1.54, 1.807) is 4.57 Å². The SMILES string of the molecule is O[C@@H]1[C@H](O)[C@@H](CS)O[C@H]1n1cnc2c1NC=NC[C@H]2O. The van der Waals surface area contributed by atoms with Crippen LogP contribution in [0, 0.1) is 0 Å². The number of fused-ring (bicyclic) bond motifs is 1. The highest BCUT2D eigenvalue weighted by atomic mass is 32.1. The van der Waals surface area contributed by atoms with Crippen LogP contribution in [0.25, 0.3) is 0 Å². The van der Waals surface area contributed by atoms with Gasteiger partial charge >= 0.3 is 0 Å². The largest absolute Gasteiger partial charge is 0.387 e. The van der Waals surface area contributed by atoms with Gasteiger partial charge in [-0.15, -0.1) is 0 Å². The zero-order chi connectivity index (χ0) is 14.3. The number of aromatic nitrogens is 2. The summed E-state index contributed by atoms with van der Waals surface area (Å²) in [5, 5.41) is 32.8. The molecule has 2 aliphatic heterocycles. The molecule has 1 aromatic heterocycles. The van der Waals surface area contributed by atoms with E-state index in [1.165, 1.54) is 12.7 Å². The number of hydrogen-bond acceptors (Lipinski definition) is 8. The number of imidazole rings is 1. The van der Waals surface area contributed by atoms with E-state index in [2.05, 4.69) is 27.9 Å². The molecule has 20 heavy (non-hydrogen) atoms. The Morgan fingerprint density at radius 3 is 2.90 bits per heavy atom. The fraction of sp³-hybridized carbons (Fsp3) is 0.636. The molecule has 0 unspecified atom stereocenters. The Morgan fingerprint density at radius 1 is 1.40 bits per heavy atom. The first-order valence-electron chi connectivity index (χ1n) is 6.25. The maximum atomic E-state index is 10.1. The lowest BCUT2D eigenvalue weighted by Crippen LogP contribution is -2.32. The molecule has 5 atom stereocenters. The second-order valence-electron chi connectivity index (χ2n) is 4.77. The van der Waals surface area contributed by atoms with E-state index < -0.39 is 30.6 Å². The molecule has 3 rings (SSSR count). The minimum Gasteiger partial charge on any atom is -0.387 e. The van der Waals surface area contributed by atoms with Crippen LogP contribution in [0.4, 0.5) is 5.82 Å². The maximum Gasteiger partial charge on any atom is 0.165 e. The van der Waals surface area contributed by atoms with E-state index >= 15 is 0 Å². The molecule has 0 aliphatic carbocycles. The van der Waals surface area contributed by atoms with Gasteiger partial charge in [-0.2, -0.15) is 12.6 Å². The molecule has 1 saturated heterocycles. The van der Waals surface area contributed by atoms with Crippen molar-refractivity contribution in [3.63, 3.8) is 0 Å². The molecule has 0 amide bonds. The minimum absolute atomic E-state index is 0.215. The van der Waals surface area contributed by atoms with Gasteiger partial charge in [-0.1, -0.05) is 0 Å². The van der Waals surface area contributed by atoms with E-state index in [0.29, 0.717) is 17.3 Å². The van der Waals surface area contributed by atoms with Crippen LogP contribution in [-0.4, -0.2) is 61.8 Å². The number of aliphatic hydroxyl groups is 3. The Labute approximate surface area is 120 Å². The monoisotopic (exact) mass is 300 g/mol. The molecule has 2 aliphatic rings. The summed E-state index contributed by atoms with van der Waals surface area (Å²) in [6, 6.07) is 0.